The van der Waals surface area contributed by atoms with Gasteiger partial charge in [0.2, 0.25) is 0 Å². The summed E-state index contributed by atoms with van der Waals surface area (Å²) in [6, 6.07) is 13.5. The molecule has 0 unspecified atom stereocenters. The van der Waals surface area contributed by atoms with Gasteiger partial charge in [0.15, 0.2) is 17.7 Å². The van der Waals surface area contributed by atoms with Crippen LogP contribution in [-0.4, -0.2) is 12.0 Å². The Balaban J connectivity index is 2.01. The smallest absolute Gasteiger partial charge is 0.265 e. The molecule has 0 fully saturated rings. The Morgan fingerprint density at radius 3 is 2.65 bits per heavy atom. The zero-order valence-corrected chi connectivity index (χ0v) is 11.4. The molecule has 0 radical (unpaired) electrons. The van der Waals surface area contributed by atoms with E-state index < -0.39 is 11.9 Å². The van der Waals surface area contributed by atoms with Crippen molar-refractivity contribution >= 4 is 11.6 Å². The van der Waals surface area contributed by atoms with Gasteiger partial charge in [-0.1, -0.05) is 24.3 Å². The van der Waals surface area contributed by atoms with Gasteiger partial charge in [-0.3, -0.25) is 4.79 Å². The average Bonchev–Trinajstić information content (AvgIpc) is 2.41. The molecule has 0 aliphatic carbocycles. The molecule has 0 spiro atoms. The maximum absolute atomic E-state index is 13.4. The highest BCUT2D eigenvalue weighted by molar-refractivity contribution is 5.94. The third kappa shape index (κ3) is 3.57. The molecule has 0 saturated heterocycles. The summed E-state index contributed by atoms with van der Waals surface area (Å²) in [6.45, 7) is 3.52. The molecule has 1 amide bonds. The minimum atomic E-state index is -0.785. The predicted octanol–water partition coefficient (Wildman–Crippen LogP) is 3.54. The van der Waals surface area contributed by atoms with E-state index in [9.17, 15) is 9.18 Å². The fourth-order valence-electron chi connectivity index (χ4n) is 1.75. The molecule has 0 heterocycles. The average molecular weight is 273 g/mol. The summed E-state index contributed by atoms with van der Waals surface area (Å²) in [5.41, 5.74) is 1.74. The molecule has 2 aromatic carbocycles. The molecular weight excluding hydrogens is 257 g/mol. The normalized spacial score (nSPS) is 11.8. The topological polar surface area (TPSA) is 38.3 Å². The number of anilines is 1. The molecule has 104 valence electrons. The first-order chi connectivity index (χ1) is 9.56. The van der Waals surface area contributed by atoms with Crippen LogP contribution in [0.4, 0.5) is 10.1 Å². The summed E-state index contributed by atoms with van der Waals surface area (Å²) in [5.74, 6) is -0.735. The number of halogens is 1. The molecule has 2 rings (SSSR count). The number of para-hydroxylation sites is 1. The summed E-state index contributed by atoms with van der Waals surface area (Å²) < 4.78 is 18.8. The summed E-state index contributed by atoms with van der Waals surface area (Å²) in [4.78, 5) is 12.0. The first-order valence-corrected chi connectivity index (χ1v) is 6.35. The number of carbonyl (C=O) groups is 1. The van der Waals surface area contributed by atoms with Crippen LogP contribution in [0.3, 0.4) is 0 Å². The van der Waals surface area contributed by atoms with Gasteiger partial charge in [-0.2, -0.15) is 0 Å². The molecule has 3 nitrogen and oxygen atoms in total. The van der Waals surface area contributed by atoms with Gasteiger partial charge in [0, 0.05) is 5.69 Å². The molecule has 4 heteroatoms. The number of ether oxygens (including phenoxy) is 1. The summed E-state index contributed by atoms with van der Waals surface area (Å²) in [7, 11) is 0. The lowest BCUT2D eigenvalue weighted by atomic mass is 10.2. The van der Waals surface area contributed by atoms with Gasteiger partial charge in [0.1, 0.15) is 0 Å². The number of hydrogen-bond donors (Lipinski definition) is 1. The number of amides is 1. The third-order valence-electron chi connectivity index (χ3n) is 2.80. The first-order valence-electron chi connectivity index (χ1n) is 6.35. The largest absolute Gasteiger partial charge is 0.478 e. The Bertz CT molecular complexity index is 613. The second kappa shape index (κ2) is 6.19. The Morgan fingerprint density at radius 1 is 1.20 bits per heavy atom. The van der Waals surface area contributed by atoms with Crippen LogP contribution in [0.5, 0.6) is 5.75 Å². The van der Waals surface area contributed by atoms with Crippen LogP contribution in [0, 0.1) is 12.7 Å². The molecule has 0 bridgehead atoms. The van der Waals surface area contributed by atoms with Crippen molar-refractivity contribution in [1.82, 2.24) is 0 Å². The van der Waals surface area contributed by atoms with E-state index in [1.54, 1.807) is 25.1 Å². The Labute approximate surface area is 117 Å². The quantitative estimate of drug-likeness (QED) is 0.925. The van der Waals surface area contributed by atoms with Crippen molar-refractivity contribution in [3.63, 3.8) is 0 Å². The zero-order valence-electron chi connectivity index (χ0n) is 11.4. The van der Waals surface area contributed by atoms with E-state index in [2.05, 4.69) is 5.32 Å². The second-order valence-corrected chi connectivity index (χ2v) is 4.55. The lowest BCUT2D eigenvalue weighted by Crippen LogP contribution is -2.30. The Hall–Kier alpha value is -2.36. The lowest BCUT2D eigenvalue weighted by molar-refractivity contribution is -0.122. The maximum Gasteiger partial charge on any atom is 0.265 e. The minimum Gasteiger partial charge on any atom is -0.478 e. The van der Waals surface area contributed by atoms with E-state index in [0.29, 0.717) is 5.69 Å². The van der Waals surface area contributed by atoms with Crippen LogP contribution in [-0.2, 0) is 4.79 Å². The second-order valence-electron chi connectivity index (χ2n) is 4.55. The van der Waals surface area contributed by atoms with E-state index in [4.69, 9.17) is 4.74 Å². The number of hydrogen-bond acceptors (Lipinski definition) is 2. The van der Waals surface area contributed by atoms with Gasteiger partial charge in [0.25, 0.3) is 5.91 Å². The van der Waals surface area contributed by atoms with Crippen LogP contribution >= 0.6 is 0 Å². The molecule has 0 saturated carbocycles. The number of benzene rings is 2. The lowest BCUT2D eigenvalue weighted by Gasteiger charge is -2.15. The van der Waals surface area contributed by atoms with Crippen LogP contribution in [0.25, 0.3) is 0 Å². The molecule has 0 aromatic heterocycles. The number of rotatable bonds is 4. The monoisotopic (exact) mass is 273 g/mol. The van der Waals surface area contributed by atoms with Gasteiger partial charge in [-0.05, 0) is 43.7 Å². The van der Waals surface area contributed by atoms with Crippen molar-refractivity contribution in [1.29, 1.82) is 0 Å². The van der Waals surface area contributed by atoms with Crippen molar-refractivity contribution in [3.8, 4) is 5.75 Å². The standard InChI is InChI=1S/C16H16FNO2/c1-11-6-5-7-13(10-11)18-16(19)12(2)20-15-9-4-3-8-14(15)17/h3-10,12H,1-2H3,(H,18,19)/t12-/m1/s1. The summed E-state index contributed by atoms with van der Waals surface area (Å²) in [6.07, 6.45) is -0.785. The molecular formula is C16H16FNO2. The van der Waals surface area contributed by atoms with E-state index in [1.165, 1.54) is 12.1 Å². The van der Waals surface area contributed by atoms with Crippen LogP contribution in [0.15, 0.2) is 48.5 Å². The third-order valence-corrected chi connectivity index (χ3v) is 2.80. The number of nitrogens with one attached hydrogen (secondary N) is 1. The van der Waals surface area contributed by atoms with Gasteiger partial charge in [-0.25, -0.2) is 4.39 Å². The molecule has 2 aromatic rings. The van der Waals surface area contributed by atoms with Crippen LogP contribution in [0.2, 0.25) is 0 Å². The van der Waals surface area contributed by atoms with Crippen LogP contribution < -0.4 is 10.1 Å². The van der Waals surface area contributed by atoms with E-state index in [1.807, 2.05) is 25.1 Å². The predicted molar refractivity (Wildman–Crippen MR) is 76.3 cm³/mol. The van der Waals surface area contributed by atoms with Crippen molar-refractivity contribution in [2.75, 3.05) is 5.32 Å². The fourth-order valence-corrected chi connectivity index (χ4v) is 1.75. The highest BCUT2D eigenvalue weighted by Gasteiger charge is 2.16. The van der Waals surface area contributed by atoms with Gasteiger partial charge >= 0.3 is 0 Å². The summed E-state index contributed by atoms with van der Waals surface area (Å²) in [5, 5.41) is 2.74. The van der Waals surface area contributed by atoms with Gasteiger partial charge in [-0.15, -0.1) is 0 Å². The molecule has 20 heavy (non-hydrogen) atoms. The van der Waals surface area contributed by atoms with Crippen molar-refractivity contribution in [2.24, 2.45) is 0 Å². The maximum atomic E-state index is 13.4. The van der Waals surface area contributed by atoms with Crippen molar-refractivity contribution in [3.05, 3.63) is 59.9 Å². The SMILES string of the molecule is Cc1cccc(NC(=O)[C@@H](C)Oc2ccccc2F)c1. The number of aryl methyl sites for hydroxylation is 1. The van der Waals surface area contributed by atoms with E-state index in [0.717, 1.165) is 5.56 Å². The molecule has 1 N–H and O–H groups in total. The van der Waals surface area contributed by atoms with Gasteiger partial charge in [0.05, 0.1) is 0 Å². The molecule has 0 aliphatic rings. The van der Waals surface area contributed by atoms with E-state index >= 15 is 0 Å². The molecule has 0 aliphatic heterocycles. The van der Waals surface area contributed by atoms with Crippen molar-refractivity contribution in [2.45, 2.75) is 20.0 Å². The fraction of sp³-hybridized carbons (Fsp3) is 0.188. The van der Waals surface area contributed by atoms with Crippen LogP contribution in [0.1, 0.15) is 12.5 Å². The Kier molecular flexibility index (Phi) is 4.35. The zero-order chi connectivity index (χ0) is 14.5. The highest BCUT2D eigenvalue weighted by atomic mass is 19.1. The molecule has 1 atom stereocenters. The first kappa shape index (κ1) is 14.1. The minimum absolute atomic E-state index is 0.0689. The van der Waals surface area contributed by atoms with E-state index in [-0.39, 0.29) is 11.7 Å². The Morgan fingerprint density at radius 2 is 1.95 bits per heavy atom. The summed E-state index contributed by atoms with van der Waals surface area (Å²) >= 11 is 0. The van der Waals surface area contributed by atoms with Crippen molar-refractivity contribution < 1.29 is 13.9 Å². The number of carbonyl (C=O) groups excluding carboxylic acids is 1. The highest BCUT2D eigenvalue weighted by Crippen LogP contribution is 2.18. The van der Waals surface area contributed by atoms with Gasteiger partial charge < -0.3 is 10.1 Å².